The summed E-state index contributed by atoms with van der Waals surface area (Å²) < 4.78 is 5.37. The van der Waals surface area contributed by atoms with Crippen molar-refractivity contribution in [3.63, 3.8) is 0 Å². The maximum absolute atomic E-state index is 11.7. The molecule has 0 spiro atoms. The highest BCUT2D eigenvalue weighted by molar-refractivity contribution is 5.86. The molecule has 0 radical (unpaired) electrons. The molecule has 2 atom stereocenters. The number of ether oxygens (including phenoxy) is 1. The summed E-state index contributed by atoms with van der Waals surface area (Å²) in [6.45, 7) is 9.80. The molecule has 5 nitrogen and oxygen atoms in total. The van der Waals surface area contributed by atoms with Crippen molar-refractivity contribution in [3.8, 4) is 0 Å². The van der Waals surface area contributed by atoms with Crippen LogP contribution in [0.3, 0.4) is 0 Å². The third kappa shape index (κ3) is 6.59. The van der Waals surface area contributed by atoms with E-state index in [2.05, 4.69) is 19.2 Å². The topological polar surface area (TPSA) is 75.6 Å². The van der Waals surface area contributed by atoms with Crippen molar-refractivity contribution >= 4 is 11.9 Å². The molecule has 106 valence electrons. The van der Waals surface area contributed by atoms with Gasteiger partial charge in [-0.3, -0.25) is 4.79 Å². The summed E-state index contributed by atoms with van der Waals surface area (Å²) in [5, 5.41) is 11.5. The molecule has 0 aromatic heterocycles. The van der Waals surface area contributed by atoms with Gasteiger partial charge in [-0.15, -0.1) is 0 Å². The van der Waals surface area contributed by atoms with Crippen LogP contribution in [0.15, 0.2) is 0 Å². The second-order valence-corrected chi connectivity index (χ2v) is 5.26. The molecule has 5 heteroatoms. The first-order valence-electron chi connectivity index (χ1n) is 6.40. The zero-order chi connectivity index (χ0) is 14.3. The molecule has 1 amide bonds. The molecule has 0 rings (SSSR count). The van der Waals surface area contributed by atoms with Gasteiger partial charge in [-0.05, 0) is 25.2 Å². The van der Waals surface area contributed by atoms with Crippen molar-refractivity contribution in [3.05, 3.63) is 0 Å². The van der Waals surface area contributed by atoms with Crippen LogP contribution in [0.2, 0.25) is 0 Å². The van der Waals surface area contributed by atoms with E-state index in [4.69, 9.17) is 9.84 Å². The molecule has 0 heterocycles. The highest BCUT2D eigenvalue weighted by Crippen LogP contribution is 2.05. The standard InChI is InChI=1S/C13H25NO4/c1-8(2)6-7-18-10(5)12(15)14-11(9(3)4)13(16)17/h8-11H,6-7H2,1-5H3,(H,14,15)(H,16,17). The van der Waals surface area contributed by atoms with E-state index in [9.17, 15) is 9.59 Å². The smallest absolute Gasteiger partial charge is 0.326 e. The number of carbonyl (C=O) groups is 2. The second-order valence-electron chi connectivity index (χ2n) is 5.26. The van der Waals surface area contributed by atoms with Gasteiger partial charge in [0.05, 0.1) is 0 Å². The SMILES string of the molecule is CC(C)CCOC(C)C(=O)NC(C(=O)O)C(C)C. The van der Waals surface area contributed by atoms with Crippen molar-refractivity contribution in [2.24, 2.45) is 11.8 Å². The van der Waals surface area contributed by atoms with Gasteiger partial charge in [-0.2, -0.15) is 0 Å². The normalized spacial score (nSPS) is 14.6. The molecule has 0 aliphatic rings. The average Bonchev–Trinajstić information content (AvgIpc) is 2.23. The lowest BCUT2D eigenvalue weighted by Crippen LogP contribution is -2.48. The first-order valence-corrected chi connectivity index (χ1v) is 6.40. The van der Waals surface area contributed by atoms with Crippen LogP contribution in [0.1, 0.15) is 41.0 Å². The predicted octanol–water partition coefficient (Wildman–Crippen LogP) is 1.66. The van der Waals surface area contributed by atoms with Gasteiger partial charge in [0.2, 0.25) is 5.91 Å². The molecular weight excluding hydrogens is 234 g/mol. The van der Waals surface area contributed by atoms with Gasteiger partial charge >= 0.3 is 5.97 Å². The molecule has 0 saturated heterocycles. The summed E-state index contributed by atoms with van der Waals surface area (Å²) >= 11 is 0. The van der Waals surface area contributed by atoms with Crippen LogP contribution in [-0.2, 0) is 14.3 Å². The highest BCUT2D eigenvalue weighted by atomic mass is 16.5. The highest BCUT2D eigenvalue weighted by Gasteiger charge is 2.25. The molecule has 0 bridgehead atoms. The van der Waals surface area contributed by atoms with Crippen LogP contribution in [0.25, 0.3) is 0 Å². The summed E-state index contributed by atoms with van der Waals surface area (Å²) in [5.74, 6) is -1.04. The molecule has 2 unspecified atom stereocenters. The van der Waals surface area contributed by atoms with Crippen LogP contribution in [0.4, 0.5) is 0 Å². The minimum Gasteiger partial charge on any atom is -0.480 e. The maximum atomic E-state index is 11.7. The number of aliphatic carboxylic acids is 1. The third-order valence-corrected chi connectivity index (χ3v) is 2.66. The van der Waals surface area contributed by atoms with E-state index in [0.717, 1.165) is 6.42 Å². The van der Waals surface area contributed by atoms with Gasteiger partial charge < -0.3 is 15.2 Å². The van der Waals surface area contributed by atoms with E-state index < -0.39 is 18.1 Å². The lowest BCUT2D eigenvalue weighted by molar-refractivity contribution is -0.145. The van der Waals surface area contributed by atoms with E-state index in [1.54, 1.807) is 20.8 Å². The van der Waals surface area contributed by atoms with Crippen LogP contribution in [0.5, 0.6) is 0 Å². The van der Waals surface area contributed by atoms with Crippen LogP contribution >= 0.6 is 0 Å². The number of hydrogen-bond donors (Lipinski definition) is 2. The van der Waals surface area contributed by atoms with Crippen LogP contribution < -0.4 is 5.32 Å². The van der Waals surface area contributed by atoms with Gasteiger partial charge in [-0.1, -0.05) is 27.7 Å². The quantitative estimate of drug-likeness (QED) is 0.695. The Morgan fingerprint density at radius 2 is 1.72 bits per heavy atom. The molecule has 2 N–H and O–H groups in total. The second kappa shape index (κ2) is 8.08. The zero-order valence-corrected chi connectivity index (χ0v) is 11.9. The van der Waals surface area contributed by atoms with E-state index in [1.807, 2.05) is 0 Å². The molecule has 0 aliphatic heterocycles. The van der Waals surface area contributed by atoms with E-state index in [1.165, 1.54) is 0 Å². The van der Waals surface area contributed by atoms with Crippen LogP contribution in [-0.4, -0.2) is 35.7 Å². The third-order valence-electron chi connectivity index (χ3n) is 2.66. The summed E-state index contributed by atoms with van der Waals surface area (Å²) in [6, 6.07) is -0.867. The fourth-order valence-corrected chi connectivity index (χ4v) is 1.34. The summed E-state index contributed by atoms with van der Waals surface area (Å²) in [5.41, 5.74) is 0. The van der Waals surface area contributed by atoms with Gasteiger partial charge in [0.25, 0.3) is 0 Å². The number of nitrogens with one attached hydrogen (secondary N) is 1. The molecule has 0 aromatic carbocycles. The fraction of sp³-hybridized carbons (Fsp3) is 0.846. The molecule has 18 heavy (non-hydrogen) atoms. The Bertz CT molecular complexity index is 276. The van der Waals surface area contributed by atoms with Gasteiger partial charge in [0, 0.05) is 6.61 Å². The number of carboxylic acid groups (broad SMARTS) is 1. The minimum atomic E-state index is -1.02. The molecule has 0 saturated carbocycles. The van der Waals surface area contributed by atoms with Gasteiger partial charge in [0.1, 0.15) is 12.1 Å². The Morgan fingerprint density at radius 1 is 1.17 bits per heavy atom. The number of carbonyl (C=O) groups excluding carboxylic acids is 1. The Morgan fingerprint density at radius 3 is 2.11 bits per heavy atom. The Kier molecular flexibility index (Phi) is 7.59. The number of carboxylic acids is 1. The Hall–Kier alpha value is -1.10. The number of amides is 1. The number of rotatable bonds is 8. The summed E-state index contributed by atoms with van der Waals surface area (Å²) in [4.78, 5) is 22.7. The maximum Gasteiger partial charge on any atom is 0.326 e. The predicted molar refractivity (Wildman–Crippen MR) is 69.3 cm³/mol. The first kappa shape index (κ1) is 16.9. The molecule has 0 aromatic rings. The summed E-state index contributed by atoms with van der Waals surface area (Å²) in [6.07, 6.45) is 0.258. The lowest BCUT2D eigenvalue weighted by Gasteiger charge is -2.20. The number of hydrogen-bond acceptors (Lipinski definition) is 3. The van der Waals surface area contributed by atoms with E-state index in [0.29, 0.717) is 12.5 Å². The molecule has 0 fully saturated rings. The zero-order valence-electron chi connectivity index (χ0n) is 11.9. The van der Waals surface area contributed by atoms with Crippen molar-refractivity contribution in [2.45, 2.75) is 53.2 Å². The van der Waals surface area contributed by atoms with Gasteiger partial charge in [-0.25, -0.2) is 4.79 Å². The molecular formula is C13H25NO4. The van der Waals surface area contributed by atoms with E-state index >= 15 is 0 Å². The fourth-order valence-electron chi connectivity index (χ4n) is 1.34. The minimum absolute atomic E-state index is 0.158. The van der Waals surface area contributed by atoms with Crippen molar-refractivity contribution < 1.29 is 19.4 Å². The Labute approximate surface area is 109 Å². The summed E-state index contributed by atoms with van der Waals surface area (Å²) in [7, 11) is 0. The average molecular weight is 259 g/mol. The first-order chi connectivity index (χ1) is 8.25. The lowest BCUT2D eigenvalue weighted by atomic mass is 10.0. The van der Waals surface area contributed by atoms with Crippen molar-refractivity contribution in [1.29, 1.82) is 0 Å². The van der Waals surface area contributed by atoms with E-state index in [-0.39, 0.29) is 11.8 Å². The van der Waals surface area contributed by atoms with Crippen molar-refractivity contribution in [1.82, 2.24) is 5.32 Å². The monoisotopic (exact) mass is 259 g/mol. The Balaban J connectivity index is 4.17. The van der Waals surface area contributed by atoms with Gasteiger partial charge in [0.15, 0.2) is 0 Å². The largest absolute Gasteiger partial charge is 0.480 e. The van der Waals surface area contributed by atoms with Crippen molar-refractivity contribution in [2.75, 3.05) is 6.61 Å². The molecule has 0 aliphatic carbocycles. The van der Waals surface area contributed by atoms with Crippen LogP contribution in [0, 0.1) is 11.8 Å².